The Morgan fingerprint density at radius 1 is 1.06 bits per heavy atom. The van der Waals surface area contributed by atoms with Gasteiger partial charge in [-0.25, -0.2) is 13.4 Å². The van der Waals surface area contributed by atoms with Crippen molar-refractivity contribution < 1.29 is 8.42 Å². The summed E-state index contributed by atoms with van der Waals surface area (Å²) < 4.78 is 22.7. The Hall–Kier alpha value is -2.02. The SMILES string of the molecule is Cc1nc(N)nc(-c2ccc(S(C)(=O)=O)cc2)n1. The van der Waals surface area contributed by atoms with E-state index < -0.39 is 9.84 Å². The van der Waals surface area contributed by atoms with Crippen molar-refractivity contribution in [3.63, 3.8) is 0 Å². The van der Waals surface area contributed by atoms with Crippen molar-refractivity contribution in [2.75, 3.05) is 12.0 Å². The van der Waals surface area contributed by atoms with Crippen LogP contribution in [0.2, 0.25) is 0 Å². The molecule has 0 fully saturated rings. The molecule has 0 bridgehead atoms. The van der Waals surface area contributed by atoms with Crippen LogP contribution in [0.4, 0.5) is 5.95 Å². The third kappa shape index (κ3) is 2.62. The molecule has 0 atom stereocenters. The standard InChI is InChI=1S/C11H12N4O2S/c1-7-13-10(15-11(12)14-7)8-3-5-9(6-4-8)18(2,16)17/h3-6H,1-2H3,(H2,12,13,14,15). The number of aromatic nitrogens is 3. The molecule has 18 heavy (non-hydrogen) atoms. The summed E-state index contributed by atoms with van der Waals surface area (Å²) in [6.45, 7) is 1.71. The van der Waals surface area contributed by atoms with Crippen LogP contribution in [-0.4, -0.2) is 29.6 Å². The van der Waals surface area contributed by atoms with E-state index in [9.17, 15) is 8.42 Å². The minimum absolute atomic E-state index is 0.143. The van der Waals surface area contributed by atoms with E-state index in [0.29, 0.717) is 17.2 Å². The van der Waals surface area contributed by atoms with Crippen LogP contribution in [0.15, 0.2) is 29.2 Å². The molecule has 2 aromatic rings. The molecule has 0 saturated heterocycles. The number of nitrogens with two attached hydrogens (primary N) is 1. The van der Waals surface area contributed by atoms with E-state index >= 15 is 0 Å². The van der Waals surface area contributed by atoms with Gasteiger partial charge in [-0.3, -0.25) is 0 Å². The zero-order chi connectivity index (χ0) is 13.3. The number of sulfone groups is 1. The van der Waals surface area contributed by atoms with Gasteiger partial charge >= 0.3 is 0 Å². The Bertz CT molecular complexity index is 660. The average molecular weight is 264 g/mol. The molecule has 2 rings (SSSR count). The lowest BCUT2D eigenvalue weighted by molar-refractivity contribution is 0.602. The quantitative estimate of drug-likeness (QED) is 0.862. The van der Waals surface area contributed by atoms with Crippen LogP contribution >= 0.6 is 0 Å². The highest BCUT2D eigenvalue weighted by Crippen LogP contribution is 2.18. The Kier molecular flexibility index (Phi) is 3.00. The van der Waals surface area contributed by atoms with Gasteiger partial charge in [0.1, 0.15) is 5.82 Å². The number of benzene rings is 1. The van der Waals surface area contributed by atoms with Gasteiger partial charge in [-0.1, -0.05) is 0 Å². The Labute approximate surface area is 105 Å². The molecule has 6 nitrogen and oxygen atoms in total. The first kappa shape index (κ1) is 12.4. The molecular weight excluding hydrogens is 252 g/mol. The van der Waals surface area contributed by atoms with Crippen molar-refractivity contribution in [2.24, 2.45) is 0 Å². The number of rotatable bonds is 2. The number of anilines is 1. The summed E-state index contributed by atoms with van der Waals surface area (Å²) in [7, 11) is -3.20. The maximum atomic E-state index is 11.3. The van der Waals surface area contributed by atoms with Gasteiger partial charge in [-0.15, -0.1) is 0 Å². The van der Waals surface area contributed by atoms with Gasteiger partial charge in [0.2, 0.25) is 5.95 Å². The predicted molar refractivity (Wildman–Crippen MR) is 67.5 cm³/mol. The van der Waals surface area contributed by atoms with Gasteiger partial charge in [0.05, 0.1) is 4.90 Å². The molecule has 0 radical (unpaired) electrons. The third-order valence-corrected chi connectivity index (χ3v) is 3.43. The molecule has 2 N–H and O–H groups in total. The van der Waals surface area contributed by atoms with E-state index in [1.807, 2.05) is 0 Å². The van der Waals surface area contributed by atoms with Crippen molar-refractivity contribution in [2.45, 2.75) is 11.8 Å². The number of hydrogen-bond acceptors (Lipinski definition) is 6. The first-order valence-corrected chi connectivity index (χ1v) is 7.04. The molecule has 0 unspecified atom stereocenters. The summed E-state index contributed by atoms with van der Waals surface area (Å²) in [6, 6.07) is 6.31. The molecule has 0 aliphatic heterocycles. The molecule has 1 aromatic heterocycles. The molecule has 0 aliphatic carbocycles. The lowest BCUT2D eigenvalue weighted by Gasteiger charge is -2.03. The number of aryl methyl sites for hydroxylation is 1. The monoisotopic (exact) mass is 264 g/mol. The highest BCUT2D eigenvalue weighted by molar-refractivity contribution is 7.90. The highest BCUT2D eigenvalue weighted by atomic mass is 32.2. The van der Waals surface area contributed by atoms with Crippen molar-refractivity contribution in [1.82, 2.24) is 15.0 Å². The maximum absolute atomic E-state index is 11.3. The second-order valence-corrected chi connectivity index (χ2v) is 5.88. The van der Waals surface area contributed by atoms with E-state index in [4.69, 9.17) is 5.73 Å². The molecular formula is C11H12N4O2S. The van der Waals surface area contributed by atoms with Gasteiger partial charge in [-0.05, 0) is 31.2 Å². The molecule has 1 aromatic carbocycles. The van der Waals surface area contributed by atoms with Crippen LogP contribution in [0.1, 0.15) is 5.82 Å². The van der Waals surface area contributed by atoms with E-state index in [-0.39, 0.29) is 10.8 Å². The number of nitrogens with zero attached hydrogens (tertiary/aromatic N) is 3. The smallest absolute Gasteiger partial charge is 0.223 e. The minimum Gasteiger partial charge on any atom is -0.368 e. The maximum Gasteiger partial charge on any atom is 0.223 e. The molecule has 94 valence electrons. The lowest BCUT2D eigenvalue weighted by atomic mass is 10.2. The van der Waals surface area contributed by atoms with Crippen molar-refractivity contribution in [3.8, 4) is 11.4 Å². The predicted octanol–water partition coefficient (Wildman–Crippen LogP) is 0.833. The molecule has 0 saturated carbocycles. The summed E-state index contributed by atoms with van der Waals surface area (Å²) >= 11 is 0. The zero-order valence-electron chi connectivity index (χ0n) is 9.95. The van der Waals surface area contributed by atoms with Gasteiger partial charge in [0, 0.05) is 11.8 Å². The average Bonchev–Trinajstić information content (AvgIpc) is 2.27. The Balaban J connectivity index is 2.46. The Morgan fingerprint density at radius 3 is 2.17 bits per heavy atom. The van der Waals surface area contributed by atoms with E-state index in [2.05, 4.69) is 15.0 Å². The minimum atomic E-state index is -3.20. The second kappa shape index (κ2) is 4.34. The lowest BCUT2D eigenvalue weighted by Crippen LogP contribution is -2.02. The van der Waals surface area contributed by atoms with Crippen molar-refractivity contribution in [1.29, 1.82) is 0 Å². The van der Waals surface area contributed by atoms with Gasteiger partial charge in [0.15, 0.2) is 15.7 Å². The van der Waals surface area contributed by atoms with Crippen molar-refractivity contribution >= 4 is 15.8 Å². The summed E-state index contributed by atoms with van der Waals surface area (Å²) in [5.41, 5.74) is 6.23. The molecule has 7 heteroatoms. The fourth-order valence-corrected chi connectivity index (χ4v) is 2.11. The topological polar surface area (TPSA) is 98.8 Å². The van der Waals surface area contributed by atoms with Gasteiger partial charge in [0.25, 0.3) is 0 Å². The largest absolute Gasteiger partial charge is 0.368 e. The van der Waals surface area contributed by atoms with E-state index in [0.717, 1.165) is 6.26 Å². The molecule has 0 amide bonds. The normalized spacial score (nSPS) is 11.4. The summed E-state index contributed by atoms with van der Waals surface area (Å²) in [6.07, 6.45) is 1.16. The van der Waals surface area contributed by atoms with Gasteiger partial charge < -0.3 is 5.73 Å². The first-order valence-electron chi connectivity index (χ1n) is 5.15. The van der Waals surface area contributed by atoms with Crippen LogP contribution < -0.4 is 5.73 Å². The number of nitrogen functional groups attached to an aromatic ring is 1. The van der Waals surface area contributed by atoms with Crippen molar-refractivity contribution in [3.05, 3.63) is 30.1 Å². The second-order valence-electron chi connectivity index (χ2n) is 3.86. The molecule has 0 spiro atoms. The van der Waals surface area contributed by atoms with Crippen LogP contribution in [0.25, 0.3) is 11.4 Å². The summed E-state index contributed by atoms with van der Waals surface area (Å²) in [5, 5.41) is 0. The fourth-order valence-electron chi connectivity index (χ4n) is 1.48. The third-order valence-electron chi connectivity index (χ3n) is 2.31. The Morgan fingerprint density at radius 2 is 1.67 bits per heavy atom. The fraction of sp³-hybridized carbons (Fsp3) is 0.182. The van der Waals surface area contributed by atoms with Crippen LogP contribution in [0.3, 0.4) is 0 Å². The molecule has 1 heterocycles. The van der Waals surface area contributed by atoms with Crippen LogP contribution in [0.5, 0.6) is 0 Å². The van der Waals surface area contributed by atoms with Gasteiger partial charge in [-0.2, -0.15) is 9.97 Å². The summed E-state index contributed by atoms with van der Waals surface area (Å²) in [5.74, 6) is 1.09. The number of hydrogen-bond donors (Lipinski definition) is 1. The first-order chi connectivity index (χ1) is 8.36. The van der Waals surface area contributed by atoms with Crippen LogP contribution in [-0.2, 0) is 9.84 Å². The molecule has 0 aliphatic rings. The van der Waals surface area contributed by atoms with Crippen LogP contribution in [0, 0.1) is 6.92 Å². The van der Waals surface area contributed by atoms with E-state index in [1.165, 1.54) is 12.1 Å². The zero-order valence-corrected chi connectivity index (χ0v) is 10.8. The summed E-state index contributed by atoms with van der Waals surface area (Å²) in [4.78, 5) is 12.3. The van der Waals surface area contributed by atoms with E-state index in [1.54, 1.807) is 19.1 Å². The highest BCUT2D eigenvalue weighted by Gasteiger charge is 2.09.